The normalized spacial score (nSPS) is 15.9. The Bertz CT molecular complexity index is 999. The molecule has 1 saturated heterocycles. The number of benzene rings is 2. The molecule has 156 valence electrons. The molecule has 0 bridgehead atoms. The first-order valence-electron chi connectivity index (χ1n) is 10.2. The lowest BCUT2D eigenvalue weighted by Gasteiger charge is -2.26. The van der Waals surface area contributed by atoms with Crippen LogP contribution in [-0.2, 0) is 11.2 Å². The largest absolute Gasteiger partial charge is 0.497 e. The molecule has 1 fully saturated rings. The molecule has 1 aliphatic heterocycles. The molecule has 0 radical (unpaired) electrons. The summed E-state index contributed by atoms with van der Waals surface area (Å²) in [6.45, 7) is 0.741. The van der Waals surface area contributed by atoms with E-state index in [2.05, 4.69) is 4.98 Å². The molecule has 4 rings (SSSR count). The number of oxazole rings is 1. The average Bonchev–Trinajstić information content (AvgIpc) is 3.47. The van der Waals surface area contributed by atoms with Gasteiger partial charge in [-0.2, -0.15) is 0 Å². The Balaban J connectivity index is 1.44. The van der Waals surface area contributed by atoms with E-state index in [4.69, 9.17) is 13.9 Å². The fraction of sp³-hybridized carbons (Fsp3) is 0.333. The van der Waals surface area contributed by atoms with Crippen molar-refractivity contribution in [2.75, 3.05) is 20.8 Å². The Labute approximate surface area is 176 Å². The highest BCUT2D eigenvalue weighted by Gasteiger charge is 2.32. The number of likely N-dealkylation sites (tertiary alicyclic amines) is 1. The van der Waals surface area contributed by atoms with Gasteiger partial charge in [0.1, 0.15) is 11.5 Å². The number of rotatable bonds is 7. The molecule has 0 saturated carbocycles. The quantitative estimate of drug-likeness (QED) is 0.571. The standard InChI is InChI=1S/C24H26N2O4/c1-28-18-10-11-21(29-2)19(15-18)20-9-6-14-26(20)24(27)13-12-23-25-16-22(30-23)17-7-4-3-5-8-17/h3-5,7-8,10-11,15-16,20H,6,9,12-14H2,1-2H3. The number of ether oxygens (including phenoxy) is 2. The summed E-state index contributed by atoms with van der Waals surface area (Å²) in [5.74, 6) is 2.94. The number of nitrogens with zero attached hydrogens (tertiary/aromatic N) is 2. The van der Waals surface area contributed by atoms with Crippen LogP contribution in [0.4, 0.5) is 0 Å². The van der Waals surface area contributed by atoms with E-state index in [1.807, 2.05) is 53.4 Å². The number of aromatic nitrogens is 1. The van der Waals surface area contributed by atoms with Crippen LogP contribution < -0.4 is 9.47 Å². The van der Waals surface area contributed by atoms with Crippen molar-refractivity contribution >= 4 is 5.91 Å². The first kappa shape index (κ1) is 20.0. The maximum Gasteiger partial charge on any atom is 0.223 e. The van der Waals surface area contributed by atoms with Crippen molar-refractivity contribution in [3.05, 3.63) is 66.2 Å². The van der Waals surface area contributed by atoms with Gasteiger partial charge in [0.2, 0.25) is 5.91 Å². The van der Waals surface area contributed by atoms with Crippen molar-refractivity contribution in [2.45, 2.75) is 31.7 Å². The summed E-state index contributed by atoms with van der Waals surface area (Å²) >= 11 is 0. The van der Waals surface area contributed by atoms with E-state index in [0.29, 0.717) is 18.7 Å². The van der Waals surface area contributed by atoms with E-state index in [0.717, 1.165) is 47.8 Å². The molecule has 1 aliphatic rings. The minimum absolute atomic E-state index is 0.00742. The highest BCUT2D eigenvalue weighted by atomic mass is 16.5. The average molecular weight is 406 g/mol. The van der Waals surface area contributed by atoms with Crippen LogP contribution in [-0.4, -0.2) is 36.6 Å². The maximum absolute atomic E-state index is 13.0. The van der Waals surface area contributed by atoms with Gasteiger partial charge in [-0.3, -0.25) is 4.79 Å². The van der Waals surface area contributed by atoms with Gasteiger partial charge in [-0.15, -0.1) is 0 Å². The van der Waals surface area contributed by atoms with Gasteiger partial charge >= 0.3 is 0 Å². The maximum atomic E-state index is 13.0. The third kappa shape index (κ3) is 4.17. The molecule has 3 aromatic rings. The minimum Gasteiger partial charge on any atom is -0.497 e. The Hall–Kier alpha value is -3.28. The number of hydrogen-bond acceptors (Lipinski definition) is 5. The first-order valence-corrected chi connectivity index (χ1v) is 10.2. The number of carbonyl (C=O) groups excluding carboxylic acids is 1. The Morgan fingerprint density at radius 2 is 2.00 bits per heavy atom. The third-order valence-electron chi connectivity index (χ3n) is 5.53. The van der Waals surface area contributed by atoms with Gasteiger partial charge in [-0.05, 0) is 31.0 Å². The van der Waals surface area contributed by atoms with E-state index in [-0.39, 0.29) is 11.9 Å². The van der Waals surface area contributed by atoms with Crippen LogP contribution in [0.25, 0.3) is 11.3 Å². The zero-order chi connectivity index (χ0) is 20.9. The summed E-state index contributed by atoms with van der Waals surface area (Å²) < 4.78 is 16.8. The van der Waals surface area contributed by atoms with Gasteiger partial charge in [0, 0.05) is 30.5 Å². The molecule has 6 heteroatoms. The summed E-state index contributed by atoms with van der Waals surface area (Å²) in [7, 11) is 3.29. The van der Waals surface area contributed by atoms with Crippen LogP contribution in [0.15, 0.2) is 59.1 Å². The molecule has 2 aromatic carbocycles. The van der Waals surface area contributed by atoms with E-state index in [1.54, 1.807) is 20.4 Å². The first-order chi connectivity index (χ1) is 14.7. The molecule has 1 amide bonds. The van der Waals surface area contributed by atoms with Gasteiger partial charge in [-0.25, -0.2) is 4.98 Å². The second-order valence-corrected chi connectivity index (χ2v) is 7.34. The van der Waals surface area contributed by atoms with E-state index in [1.165, 1.54) is 0 Å². The second kappa shape index (κ2) is 9.03. The summed E-state index contributed by atoms with van der Waals surface area (Å²) in [5.41, 5.74) is 1.97. The van der Waals surface area contributed by atoms with Gasteiger partial charge in [0.05, 0.1) is 26.5 Å². The van der Waals surface area contributed by atoms with Crippen molar-refractivity contribution in [1.82, 2.24) is 9.88 Å². The zero-order valence-corrected chi connectivity index (χ0v) is 17.3. The van der Waals surface area contributed by atoms with Crippen molar-refractivity contribution in [1.29, 1.82) is 0 Å². The van der Waals surface area contributed by atoms with Crippen LogP contribution in [0.3, 0.4) is 0 Å². The number of hydrogen-bond donors (Lipinski definition) is 0. The number of aryl methyl sites for hydroxylation is 1. The Morgan fingerprint density at radius 1 is 1.17 bits per heavy atom. The predicted molar refractivity (Wildman–Crippen MR) is 113 cm³/mol. The van der Waals surface area contributed by atoms with Gasteiger partial charge in [0.15, 0.2) is 11.7 Å². The second-order valence-electron chi connectivity index (χ2n) is 7.34. The molecular weight excluding hydrogens is 380 g/mol. The lowest BCUT2D eigenvalue weighted by atomic mass is 10.0. The van der Waals surface area contributed by atoms with E-state index >= 15 is 0 Å². The lowest BCUT2D eigenvalue weighted by Crippen LogP contribution is -2.31. The fourth-order valence-corrected chi connectivity index (χ4v) is 4.01. The molecule has 1 aromatic heterocycles. The predicted octanol–water partition coefficient (Wildman–Crippen LogP) is 4.66. The van der Waals surface area contributed by atoms with Crippen molar-refractivity contribution in [3.63, 3.8) is 0 Å². The van der Waals surface area contributed by atoms with E-state index in [9.17, 15) is 4.79 Å². The van der Waals surface area contributed by atoms with Gasteiger partial charge < -0.3 is 18.8 Å². The molecule has 0 N–H and O–H groups in total. The summed E-state index contributed by atoms with van der Waals surface area (Å²) in [6.07, 6.45) is 4.43. The van der Waals surface area contributed by atoms with Crippen LogP contribution in [0, 0.1) is 0 Å². The monoisotopic (exact) mass is 406 g/mol. The fourth-order valence-electron chi connectivity index (χ4n) is 4.01. The molecule has 0 aliphatic carbocycles. The highest BCUT2D eigenvalue weighted by Crippen LogP contribution is 2.39. The smallest absolute Gasteiger partial charge is 0.223 e. The van der Waals surface area contributed by atoms with Crippen molar-refractivity contribution in [2.24, 2.45) is 0 Å². The van der Waals surface area contributed by atoms with Crippen molar-refractivity contribution < 1.29 is 18.7 Å². The Morgan fingerprint density at radius 3 is 2.77 bits per heavy atom. The van der Waals surface area contributed by atoms with Gasteiger partial charge in [0.25, 0.3) is 0 Å². The molecule has 2 heterocycles. The molecule has 1 atom stereocenters. The number of amides is 1. The van der Waals surface area contributed by atoms with Crippen LogP contribution in [0.2, 0.25) is 0 Å². The number of carbonyl (C=O) groups is 1. The van der Waals surface area contributed by atoms with Crippen LogP contribution in [0.5, 0.6) is 11.5 Å². The SMILES string of the molecule is COc1ccc(OC)c(C2CCCN2C(=O)CCc2ncc(-c3ccccc3)o2)c1. The van der Waals surface area contributed by atoms with E-state index < -0.39 is 0 Å². The number of methoxy groups -OCH3 is 2. The topological polar surface area (TPSA) is 64.8 Å². The summed E-state index contributed by atoms with van der Waals surface area (Å²) in [6, 6.07) is 15.6. The van der Waals surface area contributed by atoms with Crippen LogP contribution in [0.1, 0.15) is 36.8 Å². The molecule has 30 heavy (non-hydrogen) atoms. The van der Waals surface area contributed by atoms with Gasteiger partial charge in [-0.1, -0.05) is 30.3 Å². The minimum atomic E-state index is -0.00742. The Kier molecular flexibility index (Phi) is 6.02. The molecule has 6 nitrogen and oxygen atoms in total. The summed E-state index contributed by atoms with van der Waals surface area (Å²) in [4.78, 5) is 19.3. The molecule has 0 spiro atoms. The molecule has 1 unspecified atom stereocenters. The third-order valence-corrected chi connectivity index (χ3v) is 5.53. The highest BCUT2D eigenvalue weighted by molar-refractivity contribution is 5.77. The lowest BCUT2D eigenvalue weighted by molar-refractivity contribution is -0.132. The van der Waals surface area contributed by atoms with Crippen molar-refractivity contribution in [3.8, 4) is 22.8 Å². The molecular formula is C24H26N2O4. The zero-order valence-electron chi connectivity index (χ0n) is 17.3. The van der Waals surface area contributed by atoms with Crippen LogP contribution >= 0.6 is 0 Å². The summed E-state index contributed by atoms with van der Waals surface area (Å²) in [5, 5.41) is 0.